The zero-order chi connectivity index (χ0) is 26.0. The zero-order valence-corrected chi connectivity index (χ0v) is 18.1. The summed E-state index contributed by atoms with van der Waals surface area (Å²) < 4.78 is 67.4. The van der Waals surface area contributed by atoms with Gasteiger partial charge in [-0.15, -0.1) is 0 Å². The Morgan fingerprint density at radius 2 is 1.44 bits per heavy atom. The van der Waals surface area contributed by atoms with Crippen molar-refractivity contribution in [3.05, 3.63) is 110 Å². The van der Waals surface area contributed by atoms with Crippen molar-refractivity contribution in [3.63, 3.8) is 0 Å². The van der Waals surface area contributed by atoms with E-state index in [0.717, 1.165) is 36.4 Å². The van der Waals surface area contributed by atoms with Crippen molar-refractivity contribution < 1.29 is 31.7 Å². The lowest BCUT2D eigenvalue weighted by molar-refractivity contribution is -0.384. The maximum Gasteiger partial charge on any atom is 0.324 e. The number of nitro groups is 1. The fourth-order valence-corrected chi connectivity index (χ4v) is 3.51. The molecule has 184 valence electrons. The van der Waals surface area contributed by atoms with Crippen LogP contribution in [-0.4, -0.2) is 15.8 Å². The lowest BCUT2D eigenvalue weighted by Gasteiger charge is -2.13. The number of nitrogens with one attached hydrogen (secondary N) is 2. The second-order valence-electron chi connectivity index (χ2n) is 7.64. The number of aromatic nitrogens is 1. The molecule has 3 aromatic carbocycles. The van der Waals surface area contributed by atoms with Crippen LogP contribution >= 0.6 is 0 Å². The van der Waals surface area contributed by atoms with Crippen molar-refractivity contribution in [1.82, 2.24) is 10.3 Å². The average molecular weight is 502 g/mol. The number of nitrogens with zero attached hydrogens (tertiary/aromatic N) is 2. The van der Waals surface area contributed by atoms with Gasteiger partial charge >= 0.3 is 5.69 Å². The van der Waals surface area contributed by atoms with E-state index in [4.69, 9.17) is 0 Å². The summed E-state index contributed by atoms with van der Waals surface area (Å²) in [6.45, 7) is -0.530. The molecule has 0 atom stereocenters. The summed E-state index contributed by atoms with van der Waals surface area (Å²) in [5.41, 5.74) is -0.884. The Bertz CT molecular complexity index is 1510. The summed E-state index contributed by atoms with van der Waals surface area (Å²) in [5.74, 6) is -6.59. The summed E-state index contributed by atoms with van der Waals surface area (Å²) in [5, 5.41) is 16.9. The maximum absolute atomic E-state index is 14.0. The third-order valence-corrected chi connectivity index (χ3v) is 5.21. The molecule has 0 bridgehead atoms. The average Bonchev–Trinajstić information content (AvgIpc) is 2.84. The van der Waals surface area contributed by atoms with Crippen molar-refractivity contribution >= 4 is 28.3 Å². The molecule has 0 spiro atoms. The number of pyridine rings is 1. The predicted octanol–water partition coefficient (Wildman–Crippen LogP) is 5.38. The first-order valence-electron chi connectivity index (χ1n) is 10.3. The van der Waals surface area contributed by atoms with Crippen LogP contribution in [0.4, 0.5) is 33.5 Å². The SMILES string of the molecule is O=C(NCc1ccc(F)c(F)c1)c1c([N+](=O)[O-])c(NCc2ccc(F)c(F)c2)nc2ccc(F)cc12. The highest BCUT2D eigenvalue weighted by Crippen LogP contribution is 2.34. The van der Waals surface area contributed by atoms with Crippen LogP contribution in [-0.2, 0) is 13.1 Å². The molecule has 0 radical (unpaired) electrons. The van der Waals surface area contributed by atoms with Crippen molar-refractivity contribution in [1.29, 1.82) is 0 Å². The standard InChI is InChI=1S/C24H15F5N4O3/c25-14-3-6-20-15(9-14)21(24(34)31-11-13-2-5-17(27)19(29)8-13)22(33(35)36)23(32-20)30-10-12-1-4-16(26)18(28)7-12/h1-9H,10-11H2,(H,30,32)(H,31,34). The lowest BCUT2D eigenvalue weighted by atomic mass is 10.0. The summed E-state index contributed by atoms with van der Waals surface area (Å²) >= 11 is 0. The van der Waals surface area contributed by atoms with Gasteiger partial charge in [-0.05, 0) is 53.6 Å². The zero-order valence-electron chi connectivity index (χ0n) is 18.1. The minimum absolute atomic E-state index is 0.0350. The minimum atomic E-state index is -1.15. The van der Waals surface area contributed by atoms with Crippen LogP contribution in [0.5, 0.6) is 0 Å². The van der Waals surface area contributed by atoms with Crippen LogP contribution in [0.2, 0.25) is 0 Å². The second-order valence-corrected chi connectivity index (χ2v) is 7.64. The molecular weight excluding hydrogens is 487 g/mol. The molecule has 12 heteroatoms. The van der Waals surface area contributed by atoms with Gasteiger partial charge in [-0.3, -0.25) is 14.9 Å². The first-order chi connectivity index (χ1) is 17.1. The number of anilines is 1. The molecular formula is C24H15F5N4O3. The van der Waals surface area contributed by atoms with Gasteiger partial charge in [0, 0.05) is 18.5 Å². The first kappa shape index (κ1) is 24.5. The van der Waals surface area contributed by atoms with E-state index in [2.05, 4.69) is 15.6 Å². The molecule has 36 heavy (non-hydrogen) atoms. The molecule has 0 aliphatic carbocycles. The van der Waals surface area contributed by atoms with E-state index in [0.29, 0.717) is 0 Å². The molecule has 4 rings (SSSR count). The fourth-order valence-electron chi connectivity index (χ4n) is 3.51. The first-order valence-corrected chi connectivity index (χ1v) is 10.3. The fraction of sp³-hybridized carbons (Fsp3) is 0.0833. The summed E-state index contributed by atoms with van der Waals surface area (Å²) in [4.78, 5) is 28.3. The normalized spacial score (nSPS) is 10.9. The van der Waals surface area contributed by atoms with E-state index in [-0.39, 0.29) is 40.9 Å². The summed E-state index contributed by atoms with van der Waals surface area (Å²) in [7, 11) is 0. The Balaban J connectivity index is 1.74. The van der Waals surface area contributed by atoms with Crippen molar-refractivity contribution in [2.24, 2.45) is 0 Å². The van der Waals surface area contributed by atoms with Crippen LogP contribution in [0.25, 0.3) is 10.9 Å². The Morgan fingerprint density at radius 1 is 0.833 bits per heavy atom. The van der Waals surface area contributed by atoms with Gasteiger partial charge in [-0.1, -0.05) is 12.1 Å². The number of fused-ring (bicyclic) bond motifs is 1. The summed E-state index contributed by atoms with van der Waals surface area (Å²) in [6, 6.07) is 9.11. The van der Waals surface area contributed by atoms with E-state index in [1.54, 1.807) is 0 Å². The van der Waals surface area contributed by atoms with Crippen molar-refractivity contribution in [2.75, 3.05) is 5.32 Å². The quantitative estimate of drug-likeness (QED) is 0.201. The lowest BCUT2D eigenvalue weighted by Crippen LogP contribution is -2.25. The number of carbonyl (C=O) groups is 1. The number of carbonyl (C=O) groups excluding carboxylic acids is 1. The van der Waals surface area contributed by atoms with Gasteiger partial charge in [0.1, 0.15) is 11.4 Å². The van der Waals surface area contributed by atoms with E-state index in [1.165, 1.54) is 18.2 Å². The van der Waals surface area contributed by atoms with E-state index >= 15 is 0 Å². The second kappa shape index (κ2) is 9.94. The molecule has 1 aromatic heterocycles. The van der Waals surface area contributed by atoms with Gasteiger partial charge in [-0.25, -0.2) is 26.9 Å². The number of halogens is 5. The molecule has 0 aliphatic rings. The number of benzene rings is 3. The monoisotopic (exact) mass is 502 g/mol. The summed E-state index contributed by atoms with van der Waals surface area (Å²) in [6.07, 6.45) is 0. The van der Waals surface area contributed by atoms with Gasteiger partial charge in [-0.2, -0.15) is 0 Å². The van der Waals surface area contributed by atoms with Crippen LogP contribution in [0.3, 0.4) is 0 Å². The van der Waals surface area contributed by atoms with Gasteiger partial charge in [0.2, 0.25) is 5.82 Å². The molecule has 0 saturated carbocycles. The molecule has 0 unspecified atom stereocenters. The third-order valence-electron chi connectivity index (χ3n) is 5.21. The Labute approximate surface area is 199 Å². The number of rotatable bonds is 7. The molecule has 4 aromatic rings. The molecule has 1 amide bonds. The van der Waals surface area contributed by atoms with E-state index in [1.807, 2.05) is 0 Å². The van der Waals surface area contributed by atoms with Crippen LogP contribution in [0.15, 0.2) is 54.6 Å². The van der Waals surface area contributed by atoms with Gasteiger partial charge in [0.25, 0.3) is 5.91 Å². The van der Waals surface area contributed by atoms with E-state index < -0.39 is 51.2 Å². The largest absolute Gasteiger partial charge is 0.360 e. The predicted molar refractivity (Wildman–Crippen MR) is 120 cm³/mol. The van der Waals surface area contributed by atoms with Gasteiger partial charge in [0.15, 0.2) is 23.3 Å². The van der Waals surface area contributed by atoms with Gasteiger partial charge < -0.3 is 10.6 Å². The smallest absolute Gasteiger partial charge is 0.324 e. The molecule has 2 N–H and O–H groups in total. The molecule has 1 heterocycles. The highest BCUT2D eigenvalue weighted by Gasteiger charge is 2.30. The van der Waals surface area contributed by atoms with Crippen LogP contribution in [0.1, 0.15) is 21.5 Å². The maximum atomic E-state index is 14.0. The number of hydrogen-bond donors (Lipinski definition) is 2. The van der Waals surface area contributed by atoms with Crippen molar-refractivity contribution in [3.8, 4) is 0 Å². The Hall–Kier alpha value is -4.61. The van der Waals surface area contributed by atoms with Crippen LogP contribution < -0.4 is 10.6 Å². The van der Waals surface area contributed by atoms with Crippen molar-refractivity contribution in [2.45, 2.75) is 13.1 Å². The van der Waals surface area contributed by atoms with Crippen LogP contribution in [0, 0.1) is 39.2 Å². The molecule has 0 saturated heterocycles. The minimum Gasteiger partial charge on any atom is -0.360 e. The molecule has 0 aliphatic heterocycles. The Kier molecular flexibility index (Phi) is 6.77. The highest BCUT2D eigenvalue weighted by molar-refractivity contribution is 6.11. The number of hydrogen-bond acceptors (Lipinski definition) is 5. The third kappa shape index (κ3) is 5.06. The Morgan fingerprint density at radius 3 is 2.03 bits per heavy atom. The van der Waals surface area contributed by atoms with E-state index in [9.17, 15) is 36.9 Å². The number of amides is 1. The molecule has 0 fully saturated rings. The topological polar surface area (TPSA) is 97.2 Å². The molecule has 7 nitrogen and oxygen atoms in total. The van der Waals surface area contributed by atoms with Gasteiger partial charge in [0.05, 0.1) is 10.4 Å². The highest BCUT2D eigenvalue weighted by atomic mass is 19.2.